The molecule has 1 fully saturated rings. The molecule has 1 aliphatic carbocycles. The number of allylic oxidation sites excluding steroid dienone is 2. The van der Waals surface area contributed by atoms with Crippen LogP contribution in [-0.2, 0) is 4.79 Å². The molecule has 0 unspecified atom stereocenters. The van der Waals surface area contributed by atoms with Gasteiger partial charge in [-0.3, -0.25) is 4.79 Å². The molecule has 1 aliphatic rings. The van der Waals surface area contributed by atoms with Crippen molar-refractivity contribution in [3.63, 3.8) is 0 Å². The number of aliphatic hydroxyl groups excluding tert-OH is 3. The van der Waals surface area contributed by atoms with Crippen LogP contribution in [0.25, 0.3) is 0 Å². The highest BCUT2D eigenvalue weighted by molar-refractivity contribution is 5.66. The Balaban J connectivity index is 2.42. The largest absolute Gasteiger partial charge is 0.481 e. The van der Waals surface area contributed by atoms with Gasteiger partial charge in [-0.05, 0) is 38.0 Å². The Bertz CT molecular complexity index is 404. The molecule has 5 nitrogen and oxygen atoms in total. The molecule has 4 N–H and O–H groups in total. The lowest BCUT2D eigenvalue weighted by Gasteiger charge is -2.19. The Morgan fingerprint density at radius 1 is 1.22 bits per heavy atom. The highest BCUT2D eigenvalue weighted by atomic mass is 16.4. The minimum atomic E-state index is -0.763. The van der Waals surface area contributed by atoms with E-state index in [1.54, 1.807) is 6.08 Å². The molecule has 0 heterocycles. The smallest absolute Gasteiger partial charge is 0.303 e. The summed E-state index contributed by atoms with van der Waals surface area (Å²) in [5, 5.41) is 38.3. The average Bonchev–Trinajstić information content (AvgIpc) is 2.77. The number of carbonyl (C=O) groups is 1. The maximum absolute atomic E-state index is 10.4. The van der Waals surface area contributed by atoms with Gasteiger partial charge in [-0.2, -0.15) is 0 Å². The SMILES string of the molecule is CC[C@@H](O)/C=C/[C@H]1[C@@H](C/C=C\CCCCC(=O)O)[C@@H](O)C[C@H]1O. The molecule has 5 heteroatoms. The van der Waals surface area contributed by atoms with Crippen molar-refractivity contribution in [2.75, 3.05) is 0 Å². The highest BCUT2D eigenvalue weighted by Gasteiger charge is 2.39. The summed E-state index contributed by atoms with van der Waals surface area (Å²) >= 11 is 0. The lowest BCUT2D eigenvalue weighted by Crippen LogP contribution is -2.20. The Morgan fingerprint density at radius 2 is 1.96 bits per heavy atom. The summed E-state index contributed by atoms with van der Waals surface area (Å²) in [6.07, 6.45) is 10.2. The number of hydrogen-bond donors (Lipinski definition) is 4. The van der Waals surface area contributed by atoms with Crippen molar-refractivity contribution in [1.82, 2.24) is 0 Å². The third kappa shape index (κ3) is 7.29. The van der Waals surface area contributed by atoms with Crippen molar-refractivity contribution in [1.29, 1.82) is 0 Å². The van der Waals surface area contributed by atoms with E-state index in [0.717, 1.165) is 12.8 Å². The summed E-state index contributed by atoms with van der Waals surface area (Å²) in [5.74, 6) is -0.940. The van der Waals surface area contributed by atoms with Gasteiger partial charge in [-0.1, -0.05) is 31.2 Å². The third-order valence-electron chi connectivity index (χ3n) is 4.48. The van der Waals surface area contributed by atoms with E-state index in [0.29, 0.717) is 25.7 Å². The number of carboxylic acids is 1. The lowest BCUT2D eigenvalue weighted by atomic mass is 9.89. The Hall–Kier alpha value is -1.17. The predicted octanol–water partition coefficient (Wildman–Crippen LogP) is 2.26. The minimum Gasteiger partial charge on any atom is -0.481 e. The van der Waals surface area contributed by atoms with Crippen molar-refractivity contribution in [3.05, 3.63) is 24.3 Å². The molecule has 0 aromatic rings. The molecule has 0 saturated heterocycles. The fraction of sp³-hybridized carbons (Fsp3) is 0.722. The molecule has 1 rings (SSSR count). The van der Waals surface area contributed by atoms with Gasteiger partial charge < -0.3 is 20.4 Å². The Kier molecular flexibility index (Phi) is 9.14. The predicted molar refractivity (Wildman–Crippen MR) is 88.9 cm³/mol. The summed E-state index contributed by atoms with van der Waals surface area (Å²) in [6.45, 7) is 1.89. The topological polar surface area (TPSA) is 98.0 Å². The van der Waals surface area contributed by atoms with Gasteiger partial charge in [0.15, 0.2) is 0 Å². The molecular weight excluding hydrogens is 296 g/mol. The first kappa shape index (κ1) is 19.9. The van der Waals surface area contributed by atoms with Crippen molar-refractivity contribution in [2.45, 2.75) is 70.2 Å². The zero-order chi connectivity index (χ0) is 17.2. The van der Waals surface area contributed by atoms with E-state index < -0.39 is 24.3 Å². The zero-order valence-electron chi connectivity index (χ0n) is 13.8. The summed E-state index contributed by atoms with van der Waals surface area (Å²) < 4.78 is 0. The van der Waals surface area contributed by atoms with Gasteiger partial charge >= 0.3 is 5.97 Å². The molecule has 1 saturated carbocycles. The molecule has 132 valence electrons. The van der Waals surface area contributed by atoms with Gasteiger partial charge in [-0.15, -0.1) is 0 Å². The molecular formula is C18H30O5. The van der Waals surface area contributed by atoms with Crippen LogP contribution >= 0.6 is 0 Å². The van der Waals surface area contributed by atoms with E-state index in [2.05, 4.69) is 0 Å². The van der Waals surface area contributed by atoms with E-state index in [4.69, 9.17) is 5.11 Å². The van der Waals surface area contributed by atoms with Gasteiger partial charge in [0.25, 0.3) is 0 Å². The van der Waals surface area contributed by atoms with Crippen LogP contribution in [0.15, 0.2) is 24.3 Å². The average molecular weight is 326 g/mol. The summed E-state index contributed by atoms with van der Waals surface area (Å²) in [5.41, 5.74) is 0. The number of aliphatic hydroxyl groups is 3. The molecule has 5 atom stereocenters. The van der Waals surface area contributed by atoms with E-state index in [-0.39, 0.29) is 18.3 Å². The molecule has 0 radical (unpaired) electrons. The van der Waals surface area contributed by atoms with E-state index >= 15 is 0 Å². The second kappa shape index (κ2) is 10.6. The van der Waals surface area contributed by atoms with Gasteiger partial charge in [-0.25, -0.2) is 0 Å². The first-order valence-electron chi connectivity index (χ1n) is 8.55. The van der Waals surface area contributed by atoms with Crippen molar-refractivity contribution in [3.8, 4) is 0 Å². The normalized spacial score (nSPS) is 29.6. The fourth-order valence-corrected chi connectivity index (χ4v) is 3.01. The van der Waals surface area contributed by atoms with Gasteiger partial charge in [0.1, 0.15) is 0 Å². The van der Waals surface area contributed by atoms with Crippen LogP contribution in [0.2, 0.25) is 0 Å². The third-order valence-corrected chi connectivity index (χ3v) is 4.48. The van der Waals surface area contributed by atoms with E-state index in [9.17, 15) is 20.1 Å². The molecule has 0 aliphatic heterocycles. The van der Waals surface area contributed by atoms with Crippen LogP contribution in [0.3, 0.4) is 0 Å². The van der Waals surface area contributed by atoms with Crippen LogP contribution in [-0.4, -0.2) is 44.7 Å². The molecule has 0 aromatic heterocycles. The van der Waals surface area contributed by atoms with Crippen molar-refractivity contribution < 1.29 is 25.2 Å². The van der Waals surface area contributed by atoms with Gasteiger partial charge in [0, 0.05) is 18.8 Å². The van der Waals surface area contributed by atoms with Crippen molar-refractivity contribution in [2.24, 2.45) is 11.8 Å². The summed E-state index contributed by atoms with van der Waals surface area (Å²) in [4.78, 5) is 10.4. The summed E-state index contributed by atoms with van der Waals surface area (Å²) in [6, 6.07) is 0. The zero-order valence-corrected chi connectivity index (χ0v) is 13.8. The van der Waals surface area contributed by atoms with Crippen LogP contribution in [0.5, 0.6) is 0 Å². The monoisotopic (exact) mass is 326 g/mol. The Morgan fingerprint density at radius 3 is 2.61 bits per heavy atom. The second-order valence-corrected chi connectivity index (χ2v) is 6.32. The van der Waals surface area contributed by atoms with Crippen LogP contribution in [0.4, 0.5) is 0 Å². The number of carboxylic acid groups (broad SMARTS) is 1. The van der Waals surface area contributed by atoms with Crippen LogP contribution in [0, 0.1) is 11.8 Å². The molecule has 0 aromatic carbocycles. The molecule has 0 spiro atoms. The second-order valence-electron chi connectivity index (χ2n) is 6.32. The Labute approximate surface area is 138 Å². The standard InChI is InChI=1S/C18H30O5/c1-2-13(19)10-11-15-14(16(20)12-17(15)21)8-6-4-3-5-7-9-18(22)23/h4,6,10-11,13-17,19-21H,2-3,5,7-9,12H2,1H3,(H,22,23)/b6-4-,11-10+/t13-,14-,15+,16+,17-/m1/s1. The van der Waals surface area contributed by atoms with E-state index in [1.165, 1.54) is 0 Å². The van der Waals surface area contributed by atoms with E-state index in [1.807, 2.05) is 25.2 Å². The fourth-order valence-electron chi connectivity index (χ4n) is 3.01. The number of hydrogen-bond acceptors (Lipinski definition) is 4. The molecule has 0 amide bonds. The van der Waals surface area contributed by atoms with Gasteiger partial charge in [0.05, 0.1) is 18.3 Å². The first-order chi connectivity index (χ1) is 11.0. The number of unbranched alkanes of at least 4 members (excludes halogenated alkanes) is 2. The quantitative estimate of drug-likeness (QED) is 0.365. The van der Waals surface area contributed by atoms with Gasteiger partial charge in [0.2, 0.25) is 0 Å². The van der Waals surface area contributed by atoms with Crippen molar-refractivity contribution >= 4 is 5.97 Å². The lowest BCUT2D eigenvalue weighted by molar-refractivity contribution is -0.137. The maximum atomic E-state index is 10.4. The number of aliphatic carboxylic acids is 1. The van der Waals surface area contributed by atoms with Crippen LogP contribution < -0.4 is 0 Å². The van der Waals surface area contributed by atoms with Crippen LogP contribution in [0.1, 0.15) is 51.9 Å². The summed E-state index contributed by atoms with van der Waals surface area (Å²) in [7, 11) is 0. The molecule has 23 heavy (non-hydrogen) atoms. The minimum absolute atomic E-state index is 0.0411. The highest BCUT2D eigenvalue weighted by Crippen LogP contribution is 2.36. The number of rotatable bonds is 10. The molecule has 0 bridgehead atoms. The maximum Gasteiger partial charge on any atom is 0.303 e. The first-order valence-corrected chi connectivity index (χ1v) is 8.55.